The summed E-state index contributed by atoms with van der Waals surface area (Å²) >= 11 is 0. The lowest BCUT2D eigenvalue weighted by molar-refractivity contribution is 0.629. The van der Waals surface area contributed by atoms with Crippen LogP contribution in [0.2, 0.25) is 0 Å². The van der Waals surface area contributed by atoms with Crippen molar-refractivity contribution in [1.29, 1.82) is 0 Å². The Morgan fingerprint density at radius 1 is 1.43 bits per heavy atom. The molecule has 74 valence electrons. The third kappa shape index (κ3) is 1.35. The maximum atomic E-state index is 12.9. The summed E-state index contributed by atoms with van der Waals surface area (Å²) < 4.78 is 15.0. The molecule has 1 aromatic carbocycles. The molecule has 0 atom stereocenters. The van der Waals surface area contributed by atoms with Crippen LogP contribution in [0.4, 0.5) is 10.1 Å². The summed E-state index contributed by atoms with van der Waals surface area (Å²) in [6.45, 7) is 3.02. The van der Waals surface area contributed by atoms with Crippen LogP contribution in [-0.2, 0) is 6.54 Å². The normalized spacial score (nSPS) is 11.0. The Morgan fingerprint density at radius 3 is 2.93 bits per heavy atom. The van der Waals surface area contributed by atoms with Gasteiger partial charge in [0.2, 0.25) is 0 Å². The van der Waals surface area contributed by atoms with Gasteiger partial charge < -0.3 is 10.3 Å². The molecule has 3 heteroatoms. The number of hydrogen-bond donors (Lipinski definition) is 1. The molecular weight excluding hydrogens is 179 g/mol. The Kier molecular flexibility index (Phi) is 2.15. The van der Waals surface area contributed by atoms with Gasteiger partial charge in [0.15, 0.2) is 0 Å². The van der Waals surface area contributed by atoms with Crippen molar-refractivity contribution in [2.24, 2.45) is 0 Å². The van der Waals surface area contributed by atoms with E-state index in [0.29, 0.717) is 5.69 Å². The van der Waals surface area contributed by atoms with E-state index in [9.17, 15) is 4.39 Å². The Bertz CT molecular complexity index is 460. The van der Waals surface area contributed by atoms with E-state index in [0.717, 1.165) is 23.9 Å². The topological polar surface area (TPSA) is 30.9 Å². The molecule has 2 N–H and O–H groups in total. The molecule has 0 spiro atoms. The number of fused-ring (bicyclic) bond motifs is 1. The molecule has 1 aromatic heterocycles. The number of rotatable bonds is 2. The highest BCUT2D eigenvalue weighted by molar-refractivity contribution is 5.91. The van der Waals surface area contributed by atoms with E-state index in [1.165, 1.54) is 12.1 Å². The van der Waals surface area contributed by atoms with Crippen molar-refractivity contribution in [2.45, 2.75) is 19.9 Å². The largest absolute Gasteiger partial charge is 0.397 e. The number of nitrogen functional groups attached to an aromatic ring is 1. The molecule has 2 aromatic rings. The van der Waals surface area contributed by atoms with Gasteiger partial charge in [-0.3, -0.25) is 0 Å². The number of aryl methyl sites for hydroxylation is 1. The van der Waals surface area contributed by atoms with Crippen LogP contribution in [0.5, 0.6) is 0 Å². The molecule has 0 saturated carbocycles. The molecule has 0 amide bonds. The molecule has 0 aliphatic carbocycles. The molecular formula is C11H13FN2. The lowest BCUT2D eigenvalue weighted by Gasteiger charge is -2.01. The van der Waals surface area contributed by atoms with Crippen LogP contribution in [0.25, 0.3) is 10.9 Å². The summed E-state index contributed by atoms with van der Waals surface area (Å²) in [5.41, 5.74) is 7.44. The van der Waals surface area contributed by atoms with Crippen LogP contribution >= 0.6 is 0 Å². The van der Waals surface area contributed by atoms with Gasteiger partial charge in [-0.05, 0) is 24.6 Å². The number of nitrogens with two attached hydrogens (primary N) is 1. The second-order valence-corrected chi connectivity index (χ2v) is 3.44. The number of hydrogen-bond acceptors (Lipinski definition) is 1. The van der Waals surface area contributed by atoms with Crippen LogP contribution in [0, 0.1) is 5.82 Å². The standard InChI is InChI=1S/C11H13FN2/c1-2-5-14-7-10(13)9-6-8(12)3-4-11(9)14/h3-4,6-7H,2,5,13H2,1H3. The fraction of sp³-hybridized carbons (Fsp3) is 0.273. The summed E-state index contributed by atoms with van der Waals surface area (Å²) in [7, 11) is 0. The van der Waals surface area contributed by atoms with Gasteiger partial charge in [0.1, 0.15) is 5.82 Å². The zero-order chi connectivity index (χ0) is 10.1. The second kappa shape index (κ2) is 3.33. The van der Waals surface area contributed by atoms with Crippen molar-refractivity contribution in [3.63, 3.8) is 0 Å². The maximum absolute atomic E-state index is 12.9. The van der Waals surface area contributed by atoms with Gasteiger partial charge in [0.05, 0.1) is 11.2 Å². The minimum atomic E-state index is -0.238. The first-order valence-electron chi connectivity index (χ1n) is 4.76. The summed E-state index contributed by atoms with van der Waals surface area (Å²) in [5, 5.41) is 0.804. The number of nitrogens with zero attached hydrogens (tertiary/aromatic N) is 1. The fourth-order valence-corrected chi connectivity index (χ4v) is 1.72. The van der Waals surface area contributed by atoms with Crippen molar-refractivity contribution in [3.8, 4) is 0 Å². The van der Waals surface area contributed by atoms with Gasteiger partial charge in [-0.2, -0.15) is 0 Å². The summed E-state index contributed by atoms with van der Waals surface area (Å²) in [4.78, 5) is 0. The Labute approximate surface area is 82.1 Å². The highest BCUT2D eigenvalue weighted by Gasteiger charge is 2.05. The zero-order valence-electron chi connectivity index (χ0n) is 8.13. The van der Waals surface area contributed by atoms with Crippen LogP contribution in [0.15, 0.2) is 24.4 Å². The average molecular weight is 192 g/mol. The van der Waals surface area contributed by atoms with Crippen LogP contribution in [0.1, 0.15) is 13.3 Å². The van der Waals surface area contributed by atoms with E-state index in [1.807, 2.05) is 6.20 Å². The second-order valence-electron chi connectivity index (χ2n) is 3.44. The van der Waals surface area contributed by atoms with Crippen LogP contribution < -0.4 is 5.73 Å². The number of anilines is 1. The Morgan fingerprint density at radius 2 is 2.21 bits per heavy atom. The van der Waals surface area contributed by atoms with Crippen molar-refractivity contribution in [2.75, 3.05) is 5.73 Å². The van der Waals surface area contributed by atoms with E-state index in [4.69, 9.17) is 5.73 Å². The van der Waals surface area contributed by atoms with Gasteiger partial charge in [0.25, 0.3) is 0 Å². The van der Waals surface area contributed by atoms with Crippen molar-refractivity contribution in [1.82, 2.24) is 4.57 Å². The first-order chi connectivity index (χ1) is 6.72. The smallest absolute Gasteiger partial charge is 0.124 e. The number of aromatic nitrogens is 1. The maximum Gasteiger partial charge on any atom is 0.124 e. The summed E-state index contributed by atoms with van der Waals surface area (Å²) in [6.07, 6.45) is 2.91. The third-order valence-corrected chi connectivity index (χ3v) is 2.34. The molecule has 0 aliphatic rings. The highest BCUT2D eigenvalue weighted by Crippen LogP contribution is 2.24. The molecule has 2 rings (SSSR count). The lowest BCUT2D eigenvalue weighted by Crippen LogP contribution is -1.93. The molecule has 1 heterocycles. The molecule has 0 saturated heterocycles. The van der Waals surface area contributed by atoms with Gasteiger partial charge in [-0.1, -0.05) is 6.92 Å². The molecule has 0 bridgehead atoms. The first kappa shape index (κ1) is 9.06. The van der Waals surface area contributed by atoms with Crippen molar-refractivity contribution in [3.05, 3.63) is 30.2 Å². The Hall–Kier alpha value is -1.51. The minimum absolute atomic E-state index is 0.238. The predicted octanol–water partition coefficient (Wildman–Crippen LogP) is 2.77. The average Bonchev–Trinajstić information content (AvgIpc) is 2.44. The van der Waals surface area contributed by atoms with Gasteiger partial charge in [0, 0.05) is 18.1 Å². The zero-order valence-corrected chi connectivity index (χ0v) is 8.13. The first-order valence-corrected chi connectivity index (χ1v) is 4.76. The van der Waals surface area contributed by atoms with E-state index in [-0.39, 0.29) is 5.82 Å². The molecule has 2 nitrogen and oxygen atoms in total. The van der Waals surface area contributed by atoms with E-state index in [2.05, 4.69) is 11.5 Å². The quantitative estimate of drug-likeness (QED) is 0.779. The predicted molar refractivity (Wildman–Crippen MR) is 56.6 cm³/mol. The van der Waals surface area contributed by atoms with Crippen LogP contribution in [-0.4, -0.2) is 4.57 Å². The van der Waals surface area contributed by atoms with Gasteiger partial charge >= 0.3 is 0 Å². The highest BCUT2D eigenvalue weighted by atomic mass is 19.1. The van der Waals surface area contributed by atoms with Gasteiger partial charge in [-0.25, -0.2) is 4.39 Å². The minimum Gasteiger partial charge on any atom is -0.397 e. The lowest BCUT2D eigenvalue weighted by atomic mass is 10.2. The molecule has 0 unspecified atom stereocenters. The van der Waals surface area contributed by atoms with Crippen LogP contribution in [0.3, 0.4) is 0 Å². The van der Waals surface area contributed by atoms with E-state index in [1.54, 1.807) is 6.07 Å². The summed E-state index contributed by atoms with van der Waals surface area (Å²) in [6, 6.07) is 4.72. The number of benzene rings is 1. The SMILES string of the molecule is CCCn1cc(N)c2cc(F)ccc21. The number of halogens is 1. The van der Waals surface area contributed by atoms with E-state index < -0.39 is 0 Å². The van der Waals surface area contributed by atoms with Gasteiger partial charge in [-0.15, -0.1) is 0 Å². The molecule has 0 radical (unpaired) electrons. The van der Waals surface area contributed by atoms with Crippen molar-refractivity contribution < 1.29 is 4.39 Å². The molecule has 0 aliphatic heterocycles. The molecule has 14 heavy (non-hydrogen) atoms. The Balaban J connectivity index is 2.65. The fourth-order valence-electron chi connectivity index (χ4n) is 1.72. The third-order valence-electron chi connectivity index (χ3n) is 2.34. The monoisotopic (exact) mass is 192 g/mol. The summed E-state index contributed by atoms with van der Waals surface area (Å²) in [5.74, 6) is -0.238. The van der Waals surface area contributed by atoms with E-state index >= 15 is 0 Å². The molecule has 0 fully saturated rings. The van der Waals surface area contributed by atoms with Crippen molar-refractivity contribution >= 4 is 16.6 Å².